The third kappa shape index (κ3) is 15.1. The van der Waals surface area contributed by atoms with Crippen molar-refractivity contribution < 1.29 is 38.6 Å². The number of nitrogens with one attached hydrogen (secondary N) is 5. The van der Waals surface area contributed by atoms with Crippen LogP contribution in [0.2, 0.25) is 0 Å². The molecule has 6 unspecified atom stereocenters. The number of nitrogens with zero attached hydrogens (tertiary/aromatic N) is 7. The number of rotatable bonds is 22. The van der Waals surface area contributed by atoms with Crippen molar-refractivity contribution >= 4 is 76.0 Å². The lowest BCUT2D eigenvalue weighted by Gasteiger charge is -2.31. The Labute approximate surface area is 414 Å². The van der Waals surface area contributed by atoms with Crippen molar-refractivity contribution in [1.29, 1.82) is 0 Å². The number of benzene rings is 4. The number of carbonyl (C=O) groups excluding carboxylic acids is 6. The number of aliphatic imine (C=N–C) groups is 4. The average Bonchev–Trinajstić information content (AvgIpc) is 3.35. The molecule has 382 valence electrons. The van der Waals surface area contributed by atoms with Gasteiger partial charge in [-0.25, -0.2) is 29.9 Å². The SMILES string of the molecule is COc1ccc(CN(c2nc(-c3ccccc3)nc3ccccc23)C(O)C(=O)NC(C(=O)NC(N=C(N)N)C(=O)NC(N=C(N)N)C(=O)NC(N=C(N)N)C(=O)NC(N=C(N)N)C(N)=O)c2ccccc2)cc1. The summed E-state index contributed by atoms with van der Waals surface area (Å²) in [6.45, 7) is -0.115. The highest BCUT2D eigenvalue weighted by atomic mass is 16.5. The van der Waals surface area contributed by atoms with Crippen LogP contribution in [-0.4, -0.2) is 112 Å². The molecule has 0 aliphatic heterocycles. The van der Waals surface area contributed by atoms with E-state index in [1.54, 1.807) is 91.0 Å². The van der Waals surface area contributed by atoms with Crippen LogP contribution in [0.15, 0.2) is 129 Å². The number of hydrogen-bond acceptors (Lipinski definition) is 15. The molecular weight excluding hydrogens is 951 g/mol. The van der Waals surface area contributed by atoms with Gasteiger partial charge < -0.3 is 92.9 Å². The number of fused-ring (bicyclic) bond motifs is 1. The summed E-state index contributed by atoms with van der Waals surface area (Å²) in [6, 6.07) is 28.8. The minimum absolute atomic E-state index is 0.115. The number of primary amides is 1. The van der Waals surface area contributed by atoms with Crippen LogP contribution in [0.25, 0.3) is 22.3 Å². The standard InChI is InChI=1S/C44H53N21O8/c1-73-24-18-16-21(17-19-24)20-65(34-25-14-8-9-15-26(25)54-29(56-34)23-12-6-3-7-13-23)40(72)39(71)55-27(22-10-4-2-5-11-22)35(67)58-31(62-42(48)49)37(69)60-33(64-44(52)53)38(70)59-32(63-43(50)51)36(68)57-30(28(45)66)61-41(46)47/h2-19,27,30-33,40,72H,20H2,1H3,(H2,45,66)(H,55,71)(H,57,68)(H,58,67)(H,59,70)(H,60,69)(H4,46,47,61)(H4,48,49,62)(H4,50,51,63)(H4,52,53,64). The summed E-state index contributed by atoms with van der Waals surface area (Å²) < 4.78 is 5.33. The third-order valence-corrected chi connectivity index (χ3v) is 9.85. The summed E-state index contributed by atoms with van der Waals surface area (Å²) in [4.78, 5) is 107. The summed E-state index contributed by atoms with van der Waals surface area (Å²) in [5, 5.41) is 23.7. The molecule has 1 heterocycles. The van der Waals surface area contributed by atoms with Crippen molar-refractivity contribution in [2.75, 3.05) is 12.0 Å². The van der Waals surface area contributed by atoms with Gasteiger partial charge in [0.15, 0.2) is 29.7 Å². The van der Waals surface area contributed by atoms with Crippen LogP contribution in [0.4, 0.5) is 5.82 Å². The minimum Gasteiger partial charge on any atom is -0.497 e. The fourth-order valence-corrected chi connectivity index (χ4v) is 6.60. The first-order chi connectivity index (χ1) is 34.7. The van der Waals surface area contributed by atoms with Crippen LogP contribution in [0.1, 0.15) is 17.2 Å². The highest BCUT2D eigenvalue weighted by Crippen LogP contribution is 2.30. The lowest BCUT2D eigenvalue weighted by atomic mass is 10.1. The van der Waals surface area contributed by atoms with E-state index in [-0.39, 0.29) is 23.8 Å². The van der Waals surface area contributed by atoms with Gasteiger partial charge in [0.05, 0.1) is 12.6 Å². The third-order valence-electron chi connectivity index (χ3n) is 9.85. The molecule has 29 heteroatoms. The Morgan fingerprint density at radius 1 is 0.548 bits per heavy atom. The smallest absolute Gasteiger partial charge is 0.271 e. The number of para-hydroxylation sites is 1. The van der Waals surface area contributed by atoms with Gasteiger partial charge in [-0.05, 0) is 35.4 Å². The quantitative estimate of drug-likeness (QED) is 0.0175. The molecule has 24 N–H and O–H groups in total. The van der Waals surface area contributed by atoms with Gasteiger partial charge in [0.25, 0.3) is 29.5 Å². The van der Waals surface area contributed by atoms with E-state index in [9.17, 15) is 33.9 Å². The molecule has 0 saturated carbocycles. The topological polar surface area (TPSA) is 505 Å². The zero-order valence-electron chi connectivity index (χ0n) is 38.7. The summed E-state index contributed by atoms with van der Waals surface area (Å²) in [6.07, 6.45) is -10.3. The van der Waals surface area contributed by atoms with E-state index >= 15 is 0 Å². The average molecular weight is 1000 g/mol. The molecule has 29 nitrogen and oxygen atoms in total. The number of aromatic nitrogens is 2. The zero-order valence-corrected chi connectivity index (χ0v) is 38.7. The number of guanidine groups is 4. The van der Waals surface area contributed by atoms with E-state index in [1.807, 2.05) is 11.4 Å². The maximum atomic E-state index is 14.5. The summed E-state index contributed by atoms with van der Waals surface area (Å²) in [5.41, 5.74) is 51.1. The second kappa shape index (κ2) is 24.8. The second-order valence-corrected chi connectivity index (χ2v) is 15.2. The lowest BCUT2D eigenvalue weighted by molar-refractivity contribution is -0.136. The van der Waals surface area contributed by atoms with E-state index in [0.29, 0.717) is 27.8 Å². The highest BCUT2D eigenvalue weighted by molar-refractivity contribution is 5.99. The largest absolute Gasteiger partial charge is 0.497 e. The summed E-state index contributed by atoms with van der Waals surface area (Å²) in [7, 11) is 1.50. The molecule has 5 aromatic rings. The van der Waals surface area contributed by atoms with Crippen molar-refractivity contribution in [3.63, 3.8) is 0 Å². The number of ether oxygens (including phenoxy) is 1. The zero-order chi connectivity index (χ0) is 53.4. The molecule has 0 spiro atoms. The van der Waals surface area contributed by atoms with Crippen LogP contribution in [0, 0.1) is 0 Å². The molecule has 73 heavy (non-hydrogen) atoms. The van der Waals surface area contributed by atoms with E-state index in [2.05, 4.69) is 41.2 Å². The molecule has 0 fully saturated rings. The summed E-state index contributed by atoms with van der Waals surface area (Å²) >= 11 is 0. The monoisotopic (exact) mass is 1000 g/mol. The first kappa shape index (κ1) is 53.6. The minimum atomic E-state index is -2.16. The molecule has 6 atom stereocenters. The van der Waals surface area contributed by atoms with Crippen LogP contribution in [0.3, 0.4) is 0 Å². The Hall–Kier alpha value is -10.3. The second-order valence-electron chi connectivity index (χ2n) is 15.2. The molecule has 0 radical (unpaired) electrons. The molecule has 0 saturated heterocycles. The molecule has 0 bridgehead atoms. The van der Waals surface area contributed by atoms with Crippen LogP contribution < -0.4 is 87.8 Å². The Bertz CT molecular complexity index is 2910. The first-order valence-electron chi connectivity index (χ1n) is 21.4. The van der Waals surface area contributed by atoms with Gasteiger partial charge in [0, 0.05) is 17.5 Å². The van der Waals surface area contributed by atoms with Crippen molar-refractivity contribution in [2.45, 2.75) is 43.5 Å². The van der Waals surface area contributed by atoms with E-state index in [1.165, 1.54) is 24.1 Å². The lowest BCUT2D eigenvalue weighted by Crippen LogP contribution is -2.58. The molecule has 1 aromatic heterocycles. The Morgan fingerprint density at radius 3 is 1.49 bits per heavy atom. The molecule has 0 aliphatic rings. The Morgan fingerprint density at radius 2 is 1.00 bits per heavy atom. The molecule has 5 rings (SSSR count). The van der Waals surface area contributed by atoms with Crippen LogP contribution in [0.5, 0.6) is 5.75 Å². The van der Waals surface area contributed by atoms with Gasteiger partial charge in [-0.3, -0.25) is 28.8 Å². The number of amides is 6. The predicted octanol–water partition coefficient (Wildman–Crippen LogP) is -5.16. The maximum Gasteiger partial charge on any atom is 0.271 e. The van der Waals surface area contributed by atoms with Crippen LogP contribution in [-0.2, 0) is 35.3 Å². The van der Waals surface area contributed by atoms with Gasteiger partial charge in [0.1, 0.15) is 17.6 Å². The van der Waals surface area contributed by atoms with Crippen molar-refractivity contribution in [3.05, 3.63) is 120 Å². The van der Waals surface area contributed by atoms with Gasteiger partial charge in [-0.1, -0.05) is 84.9 Å². The highest BCUT2D eigenvalue weighted by Gasteiger charge is 2.35. The molecule has 6 amide bonds. The fraction of sp³-hybridized carbons (Fsp3) is 0.182. The number of anilines is 1. The van der Waals surface area contributed by atoms with E-state index in [4.69, 9.17) is 66.3 Å². The van der Waals surface area contributed by atoms with Gasteiger partial charge in [-0.2, -0.15) is 0 Å². The number of aliphatic hydroxyl groups excluding tert-OH is 1. The number of nitrogens with two attached hydrogens (primary N) is 9. The molecule has 0 aliphatic carbocycles. The molecular formula is C44H53N21O8. The Kier molecular flexibility index (Phi) is 18.2. The normalized spacial score (nSPS) is 13.1. The van der Waals surface area contributed by atoms with Crippen molar-refractivity contribution in [2.24, 2.45) is 71.6 Å². The first-order valence-corrected chi connectivity index (χ1v) is 21.4. The van der Waals surface area contributed by atoms with Gasteiger partial charge in [0.2, 0.25) is 36.8 Å². The summed E-state index contributed by atoms with van der Waals surface area (Å²) in [5.74, 6) is -9.50. The molecule has 4 aromatic carbocycles. The number of aliphatic hydroxyl groups is 1. The number of carbonyl (C=O) groups is 6. The van der Waals surface area contributed by atoms with Crippen LogP contribution >= 0.6 is 0 Å². The number of hydrogen-bond donors (Lipinski definition) is 15. The van der Waals surface area contributed by atoms with E-state index < -0.39 is 96.2 Å². The predicted molar refractivity (Wildman–Crippen MR) is 268 cm³/mol. The number of methoxy groups -OCH3 is 1. The van der Waals surface area contributed by atoms with Crippen molar-refractivity contribution in [3.8, 4) is 17.1 Å². The van der Waals surface area contributed by atoms with Gasteiger partial charge in [-0.15, -0.1) is 0 Å². The van der Waals surface area contributed by atoms with Gasteiger partial charge >= 0.3 is 0 Å². The fourth-order valence-electron chi connectivity index (χ4n) is 6.60. The van der Waals surface area contributed by atoms with Crippen molar-refractivity contribution in [1.82, 2.24) is 36.6 Å². The maximum absolute atomic E-state index is 14.5. The van der Waals surface area contributed by atoms with E-state index in [0.717, 1.165) is 0 Å². The Balaban J connectivity index is 1.47.